The predicted octanol–water partition coefficient (Wildman–Crippen LogP) is 2.89. The summed E-state index contributed by atoms with van der Waals surface area (Å²) in [6.45, 7) is 0. The topological polar surface area (TPSA) is 25.8 Å². The second kappa shape index (κ2) is 5.11. The van der Waals surface area contributed by atoms with Crippen LogP contribution in [-0.4, -0.2) is 50.2 Å². The van der Waals surface area contributed by atoms with E-state index >= 15 is 0 Å². The summed E-state index contributed by atoms with van der Waals surface area (Å²) in [7, 11) is 0. The van der Waals surface area contributed by atoms with Gasteiger partial charge in [-0.15, -0.1) is 0 Å². The van der Waals surface area contributed by atoms with Gasteiger partial charge in [-0.2, -0.15) is 0 Å². The Morgan fingerprint density at radius 2 is 1.47 bits per heavy atom. The van der Waals surface area contributed by atoms with E-state index in [1.807, 2.05) is 23.5 Å². The number of fused-ring (bicyclic) bond motifs is 1. The zero-order valence-electron chi connectivity index (χ0n) is 8.17. The van der Waals surface area contributed by atoms with E-state index in [1.165, 1.54) is 27.5 Å². The van der Waals surface area contributed by atoms with E-state index in [1.54, 1.807) is 11.0 Å². The third kappa shape index (κ3) is 2.32. The van der Waals surface area contributed by atoms with E-state index in [9.17, 15) is 0 Å². The Kier molecular flexibility index (Phi) is 3.68. The average molecular weight is 446 g/mol. The third-order valence-electron chi connectivity index (χ3n) is 2.06. The molecule has 0 radical (unpaired) electrons. The van der Waals surface area contributed by atoms with Crippen LogP contribution in [0.4, 0.5) is 0 Å². The predicted molar refractivity (Wildman–Crippen MR) is 82.1 cm³/mol. The van der Waals surface area contributed by atoms with Crippen LogP contribution in [0.5, 0.6) is 0 Å². The van der Waals surface area contributed by atoms with E-state index in [0.717, 1.165) is 10.1 Å². The van der Waals surface area contributed by atoms with Crippen LogP contribution >= 0.6 is 58.8 Å². The maximum absolute atomic E-state index is 4.34. The molecule has 88 valence electrons. The minimum absolute atomic E-state index is 0.607. The number of hydrogen-bond acceptors (Lipinski definition) is 7. The van der Waals surface area contributed by atoms with Crippen LogP contribution in [0.3, 0.4) is 0 Å². The van der Waals surface area contributed by atoms with Gasteiger partial charge < -0.3 is 0 Å². The van der Waals surface area contributed by atoms with Crippen LogP contribution in [0.15, 0.2) is 25.3 Å². The summed E-state index contributed by atoms with van der Waals surface area (Å²) >= 11 is 10.5. The summed E-state index contributed by atoms with van der Waals surface area (Å²) in [6.07, 6.45) is 0. The molecule has 1 aromatic heterocycles. The van der Waals surface area contributed by atoms with Gasteiger partial charge in [-0.05, 0) is 0 Å². The molecule has 0 saturated heterocycles. The van der Waals surface area contributed by atoms with Crippen molar-refractivity contribution in [2.45, 2.75) is 10.1 Å². The number of hydrogen-bond donors (Lipinski definition) is 0. The van der Waals surface area contributed by atoms with Crippen molar-refractivity contribution in [2.24, 2.45) is 0 Å². The summed E-state index contributed by atoms with van der Waals surface area (Å²) in [5, 5.41) is 2.28. The summed E-state index contributed by atoms with van der Waals surface area (Å²) in [5.74, 6) is 2.61. The molecule has 0 unspecified atom stereocenters. The molecule has 9 heteroatoms. The molecule has 1 aromatic rings. The third-order valence-corrected chi connectivity index (χ3v) is 17.2. The standard InChI is InChI=1S/C8H4N2S5Se2/c1-2-12-7-6(11-1)16-8(17-7)5-13-3-4(14-5)10-15-9-3/h1-2H2. The van der Waals surface area contributed by atoms with Crippen molar-refractivity contribution in [1.82, 2.24) is 8.75 Å². The minimum atomic E-state index is 0.607. The summed E-state index contributed by atoms with van der Waals surface area (Å²) in [5.41, 5.74) is 0. The molecule has 4 rings (SSSR count). The van der Waals surface area contributed by atoms with Gasteiger partial charge in [0.25, 0.3) is 0 Å². The van der Waals surface area contributed by atoms with Crippen molar-refractivity contribution >= 4 is 88.7 Å². The molecule has 0 bridgehead atoms. The van der Waals surface area contributed by atoms with E-state index in [0.29, 0.717) is 29.9 Å². The Hall–Kier alpha value is 1.48. The number of nitrogens with zero attached hydrogens (tertiary/aromatic N) is 2. The molecule has 17 heavy (non-hydrogen) atoms. The normalized spacial score (nSPS) is 23.3. The zero-order valence-corrected chi connectivity index (χ0v) is 15.7. The van der Waals surface area contributed by atoms with Crippen molar-refractivity contribution in [1.29, 1.82) is 0 Å². The Morgan fingerprint density at radius 3 is 2.06 bits per heavy atom. The van der Waals surface area contributed by atoms with Gasteiger partial charge in [-0.25, -0.2) is 0 Å². The first-order valence-electron chi connectivity index (χ1n) is 4.68. The molecular weight excluding hydrogens is 442 g/mol. The summed E-state index contributed by atoms with van der Waals surface area (Å²) < 4.78 is 15.3. The Bertz CT molecular complexity index is 509. The first-order valence-corrected chi connectivity index (χ1v) is 12.4. The summed E-state index contributed by atoms with van der Waals surface area (Å²) in [6, 6.07) is 0. The van der Waals surface area contributed by atoms with Crippen molar-refractivity contribution in [3.05, 3.63) is 15.2 Å². The fourth-order valence-corrected chi connectivity index (χ4v) is 17.4. The van der Waals surface area contributed by atoms with Gasteiger partial charge in [-0.3, -0.25) is 0 Å². The molecule has 0 amide bonds. The molecule has 0 aliphatic carbocycles. The van der Waals surface area contributed by atoms with Crippen LogP contribution in [0.1, 0.15) is 0 Å². The van der Waals surface area contributed by atoms with E-state index in [-0.39, 0.29) is 0 Å². The fraction of sp³-hybridized carbons (Fsp3) is 0.250. The van der Waals surface area contributed by atoms with Gasteiger partial charge >= 0.3 is 134 Å². The van der Waals surface area contributed by atoms with Gasteiger partial charge in [-0.1, -0.05) is 0 Å². The van der Waals surface area contributed by atoms with Gasteiger partial charge in [0.15, 0.2) is 0 Å². The average Bonchev–Trinajstić information content (AvgIpc) is 3.01. The SMILES string of the molecule is C1CSC2=C(S1)[Se]C(=C1Sc3nsnc3S1)[Se]2. The molecule has 2 nitrogen and oxygen atoms in total. The van der Waals surface area contributed by atoms with Crippen LogP contribution in [0.25, 0.3) is 0 Å². The molecular formula is C8H4N2S5Se2. The molecule has 4 heterocycles. The van der Waals surface area contributed by atoms with Gasteiger partial charge in [0.2, 0.25) is 0 Å². The van der Waals surface area contributed by atoms with Crippen LogP contribution in [0, 0.1) is 0 Å². The monoisotopic (exact) mass is 448 g/mol. The summed E-state index contributed by atoms with van der Waals surface area (Å²) in [4.78, 5) is 0. The van der Waals surface area contributed by atoms with Crippen LogP contribution < -0.4 is 0 Å². The van der Waals surface area contributed by atoms with Gasteiger partial charge in [0, 0.05) is 0 Å². The maximum atomic E-state index is 4.34. The van der Waals surface area contributed by atoms with E-state index < -0.39 is 0 Å². The zero-order chi connectivity index (χ0) is 11.2. The van der Waals surface area contributed by atoms with Crippen LogP contribution in [0.2, 0.25) is 0 Å². The van der Waals surface area contributed by atoms with Crippen molar-refractivity contribution in [2.75, 3.05) is 11.5 Å². The Morgan fingerprint density at radius 1 is 0.882 bits per heavy atom. The van der Waals surface area contributed by atoms with Crippen molar-refractivity contribution in [3.63, 3.8) is 0 Å². The van der Waals surface area contributed by atoms with E-state index in [4.69, 9.17) is 0 Å². The Labute approximate surface area is 133 Å². The molecule has 0 spiro atoms. The molecule has 0 saturated carbocycles. The van der Waals surface area contributed by atoms with Crippen molar-refractivity contribution < 1.29 is 0 Å². The molecule has 3 aliphatic rings. The number of aromatic nitrogens is 2. The second-order valence-corrected chi connectivity index (χ2v) is 14.9. The quantitative estimate of drug-likeness (QED) is 0.569. The first kappa shape index (κ1) is 12.2. The van der Waals surface area contributed by atoms with Crippen molar-refractivity contribution in [3.8, 4) is 0 Å². The Balaban J connectivity index is 1.61. The molecule has 0 aromatic carbocycles. The first-order chi connectivity index (χ1) is 8.40. The fourth-order valence-electron chi connectivity index (χ4n) is 1.38. The molecule has 0 fully saturated rings. The molecule has 0 atom stereocenters. The van der Waals surface area contributed by atoms with Gasteiger partial charge in [0.1, 0.15) is 0 Å². The van der Waals surface area contributed by atoms with Gasteiger partial charge in [0.05, 0.1) is 0 Å². The number of rotatable bonds is 0. The van der Waals surface area contributed by atoms with Crippen LogP contribution in [-0.2, 0) is 0 Å². The number of thioether (sulfide) groups is 4. The molecule has 0 N–H and O–H groups in total. The van der Waals surface area contributed by atoms with E-state index in [2.05, 4.69) is 32.3 Å². The second-order valence-electron chi connectivity index (χ2n) is 3.13. The molecule has 3 aliphatic heterocycles.